The Hall–Kier alpha value is -5.01. The molecule has 2 saturated heterocycles. The highest BCUT2D eigenvalue weighted by atomic mass is 35.5. The predicted molar refractivity (Wildman–Crippen MR) is 215 cm³/mol. The standard InChI is InChI=1S/C40H41ClN4O11S2/c1-3-54-39(48)27-7-12-31(13-8-27)43-38(47)30-11-16-34(41)36(24-30)58(51,52)45-19-22-55-35(25-45)26(2)56-40(49)28-9-14-32(15-10-28)42-37(46)29-5-4-6-33(23-29)57(50)44-17-20-53-21-18-44/h4-16,23-24,26,35H,3,17-22,25H2,1-2H3,(H,42,46)(H,43,47). The predicted octanol–water partition coefficient (Wildman–Crippen LogP) is 5.01. The summed E-state index contributed by atoms with van der Waals surface area (Å²) < 4.78 is 65.5. The molecule has 2 heterocycles. The van der Waals surface area contributed by atoms with Gasteiger partial charge in [0.25, 0.3) is 11.8 Å². The molecular weight excluding hydrogens is 812 g/mol. The van der Waals surface area contributed by atoms with Crippen molar-refractivity contribution < 1.29 is 50.8 Å². The summed E-state index contributed by atoms with van der Waals surface area (Å²) in [5, 5.41) is 5.36. The van der Waals surface area contributed by atoms with Gasteiger partial charge >= 0.3 is 11.9 Å². The number of carbonyl (C=O) groups is 4. The van der Waals surface area contributed by atoms with Crippen LogP contribution in [0.2, 0.25) is 5.02 Å². The van der Waals surface area contributed by atoms with E-state index >= 15 is 0 Å². The van der Waals surface area contributed by atoms with Gasteiger partial charge in [0.05, 0.1) is 47.5 Å². The van der Waals surface area contributed by atoms with Gasteiger partial charge in [0.15, 0.2) is 0 Å². The molecule has 0 spiro atoms. The lowest BCUT2D eigenvalue weighted by Crippen LogP contribution is -2.50. The molecule has 0 bridgehead atoms. The SMILES string of the molecule is CCOC(=O)c1ccc(NC(=O)c2ccc(Cl)c(S(=O)(=O)N3CCOC(C(C)OC(=O)c4ccc(NC(=O)c5cccc(S(=O)N6CCOCC6)c5)cc4)C3)c2)cc1. The van der Waals surface area contributed by atoms with Crippen molar-refractivity contribution in [2.45, 2.75) is 35.8 Å². The summed E-state index contributed by atoms with van der Waals surface area (Å²) in [6.45, 7) is 5.36. The number of ether oxygens (including phenoxy) is 4. The maximum Gasteiger partial charge on any atom is 0.338 e. The Balaban J connectivity index is 1.04. The highest BCUT2D eigenvalue weighted by Crippen LogP contribution is 2.29. The molecule has 58 heavy (non-hydrogen) atoms. The van der Waals surface area contributed by atoms with Crippen molar-refractivity contribution in [3.63, 3.8) is 0 Å². The van der Waals surface area contributed by atoms with Crippen LogP contribution in [-0.2, 0) is 40.0 Å². The van der Waals surface area contributed by atoms with E-state index in [0.717, 1.165) is 4.31 Å². The molecule has 3 unspecified atom stereocenters. The summed E-state index contributed by atoms with van der Waals surface area (Å²) in [5.41, 5.74) is 1.63. The molecule has 0 aromatic heterocycles. The molecule has 2 amide bonds. The molecule has 306 valence electrons. The minimum absolute atomic E-state index is 0.00576. The van der Waals surface area contributed by atoms with E-state index in [2.05, 4.69) is 10.6 Å². The fourth-order valence-electron chi connectivity index (χ4n) is 6.05. The van der Waals surface area contributed by atoms with E-state index < -0.39 is 57.0 Å². The van der Waals surface area contributed by atoms with Crippen LogP contribution in [0.4, 0.5) is 11.4 Å². The topological polar surface area (TPSA) is 187 Å². The van der Waals surface area contributed by atoms with Gasteiger partial charge in [0.2, 0.25) is 10.0 Å². The zero-order chi connectivity index (χ0) is 41.4. The molecule has 6 rings (SSSR count). The first-order valence-corrected chi connectivity index (χ1v) is 21.2. The molecule has 0 radical (unpaired) electrons. The Morgan fingerprint density at radius 1 is 0.810 bits per heavy atom. The molecule has 2 N–H and O–H groups in total. The third-order valence-electron chi connectivity index (χ3n) is 9.22. The van der Waals surface area contributed by atoms with E-state index in [-0.39, 0.29) is 47.3 Å². The number of anilines is 2. The summed E-state index contributed by atoms with van der Waals surface area (Å²) >= 11 is 6.37. The van der Waals surface area contributed by atoms with Crippen molar-refractivity contribution in [1.82, 2.24) is 8.61 Å². The number of esters is 2. The quantitative estimate of drug-likeness (QED) is 0.172. The van der Waals surface area contributed by atoms with Crippen molar-refractivity contribution in [2.24, 2.45) is 0 Å². The van der Waals surface area contributed by atoms with Crippen LogP contribution in [-0.4, -0.2) is 110 Å². The number of benzene rings is 4. The maximum atomic E-state index is 13.9. The minimum atomic E-state index is -4.24. The van der Waals surface area contributed by atoms with Gasteiger partial charge in [-0.25, -0.2) is 26.5 Å². The van der Waals surface area contributed by atoms with Gasteiger partial charge in [0, 0.05) is 48.7 Å². The van der Waals surface area contributed by atoms with Crippen molar-refractivity contribution in [2.75, 3.05) is 63.2 Å². The number of carbonyl (C=O) groups excluding carboxylic acids is 4. The van der Waals surface area contributed by atoms with Gasteiger partial charge < -0.3 is 29.6 Å². The van der Waals surface area contributed by atoms with Crippen molar-refractivity contribution in [3.05, 3.63) is 118 Å². The summed E-state index contributed by atoms with van der Waals surface area (Å²) in [5.74, 6) is -2.21. The summed E-state index contributed by atoms with van der Waals surface area (Å²) in [6, 6.07) is 22.6. The van der Waals surface area contributed by atoms with Crippen LogP contribution in [0, 0.1) is 0 Å². The Bertz CT molecular complexity index is 2290. The Labute approximate surface area is 343 Å². The minimum Gasteiger partial charge on any atom is -0.462 e. The molecule has 3 atom stereocenters. The molecule has 2 aliphatic rings. The second kappa shape index (κ2) is 19.2. The average molecular weight is 853 g/mol. The normalized spacial score (nSPS) is 17.4. The fourth-order valence-corrected chi connectivity index (χ4v) is 9.19. The van der Waals surface area contributed by atoms with Gasteiger partial charge in [-0.1, -0.05) is 17.7 Å². The lowest BCUT2D eigenvalue weighted by Gasteiger charge is -2.34. The van der Waals surface area contributed by atoms with Crippen LogP contribution in [0.5, 0.6) is 0 Å². The molecular formula is C40H41ClN4O11S2. The lowest BCUT2D eigenvalue weighted by molar-refractivity contribution is -0.0736. The molecule has 4 aromatic carbocycles. The van der Waals surface area contributed by atoms with E-state index in [1.807, 2.05) is 0 Å². The van der Waals surface area contributed by atoms with Crippen LogP contribution in [0.25, 0.3) is 0 Å². The second-order valence-electron chi connectivity index (χ2n) is 13.1. The summed E-state index contributed by atoms with van der Waals surface area (Å²) in [6.07, 6.45) is -1.70. The lowest BCUT2D eigenvalue weighted by atomic mass is 10.1. The third kappa shape index (κ3) is 10.3. The fraction of sp³-hybridized carbons (Fsp3) is 0.300. The smallest absolute Gasteiger partial charge is 0.338 e. The van der Waals surface area contributed by atoms with Crippen LogP contribution in [0.3, 0.4) is 0 Å². The van der Waals surface area contributed by atoms with Gasteiger partial charge in [-0.3, -0.25) is 9.59 Å². The Morgan fingerprint density at radius 2 is 1.40 bits per heavy atom. The number of hydrogen-bond acceptors (Lipinski definition) is 11. The van der Waals surface area contributed by atoms with Gasteiger partial charge in [-0.2, -0.15) is 4.31 Å². The Morgan fingerprint density at radius 3 is 2.02 bits per heavy atom. The van der Waals surface area contributed by atoms with E-state index in [1.165, 1.54) is 54.6 Å². The number of morpholine rings is 2. The van der Waals surface area contributed by atoms with Crippen molar-refractivity contribution in [1.29, 1.82) is 0 Å². The number of nitrogens with zero attached hydrogens (tertiary/aromatic N) is 2. The first kappa shape index (κ1) is 42.6. The van der Waals surface area contributed by atoms with Crippen LogP contribution in [0.15, 0.2) is 101 Å². The van der Waals surface area contributed by atoms with Crippen molar-refractivity contribution in [3.8, 4) is 0 Å². The van der Waals surface area contributed by atoms with Gasteiger partial charge in [-0.05, 0) is 98.8 Å². The van der Waals surface area contributed by atoms with Crippen molar-refractivity contribution >= 4 is 67.7 Å². The number of amides is 2. The van der Waals surface area contributed by atoms with E-state index in [0.29, 0.717) is 53.7 Å². The molecule has 0 saturated carbocycles. The maximum absolute atomic E-state index is 13.9. The number of nitrogens with one attached hydrogen (secondary N) is 2. The van der Waals surface area contributed by atoms with Gasteiger partial charge in [-0.15, -0.1) is 0 Å². The third-order valence-corrected chi connectivity index (χ3v) is 13.1. The summed E-state index contributed by atoms with van der Waals surface area (Å²) in [4.78, 5) is 51.4. The highest BCUT2D eigenvalue weighted by Gasteiger charge is 2.36. The zero-order valence-electron chi connectivity index (χ0n) is 31.6. The van der Waals surface area contributed by atoms with Crippen LogP contribution >= 0.6 is 11.6 Å². The monoisotopic (exact) mass is 852 g/mol. The molecule has 0 aliphatic carbocycles. The van der Waals surface area contributed by atoms with E-state index in [4.69, 9.17) is 30.5 Å². The second-order valence-corrected chi connectivity index (χ2v) is 16.9. The average Bonchev–Trinajstić information content (AvgIpc) is 3.24. The highest BCUT2D eigenvalue weighted by molar-refractivity contribution is 7.89. The first-order chi connectivity index (χ1) is 27.8. The number of hydrogen-bond donors (Lipinski definition) is 2. The summed E-state index contributed by atoms with van der Waals surface area (Å²) in [7, 11) is -5.68. The zero-order valence-corrected chi connectivity index (χ0v) is 33.9. The van der Waals surface area contributed by atoms with Crippen LogP contribution in [0.1, 0.15) is 55.3 Å². The molecule has 2 fully saturated rings. The molecule has 18 heteroatoms. The van der Waals surface area contributed by atoms with E-state index in [9.17, 15) is 31.8 Å². The molecule has 15 nitrogen and oxygen atoms in total. The van der Waals surface area contributed by atoms with E-state index in [1.54, 1.807) is 54.6 Å². The molecule has 4 aromatic rings. The molecule has 2 aliphatic heterocycles. The van der Waals surface area contributed by atoms with Gasteiger partial charge in [0.1, 0.15) is 28.1 Å². The largest absolute Gasteiger partial charge is 0.462 e. The first-order valence-electron chi connectivity index (χ1n) is 18.3. The number of halogens is 1. The Kier molecular flexibility index (Phi) is 14.1. The number of rotatable bonds is 13. The number of sulfonamides is 1. The van der Waals surface area contributed by atoms with Crippen LogP contribution < -0.4 is 10.6 Å².